The van der Waals surface area contributed by atoms with Gasteiger partial charge in [-0.05, 0) is 47.5 Å². The molecule has 3 rings (SSSR count). The minimum atomic E-state index is 0.545. The van der Waals surface area contributed by atoms with Gasteiger partial charge in [-0.25, -0.2) is 9.97 Å². The van der Waals surface area contributed by atoms with E-state index in [1.165, 1.54) is 5.56 Å². The number of hydrogen-bond donors (Lipinski definition) is 1. The highest BCUT2D eigenvalue weighted by Crippen LogP contribution is 2.24. The maximum absolute atomic E-state index is 5.25. The summed E-state index contributed by atoms with van der Waals surface area (Å²) in [7, 11) is 0. The minimum absolute atomic E-state index is 0.545. The average Bonchev–Trinajstić information content (AvgIpc) is 2.44. The number of pyridine rings is 1. The van der Waals surface area contributed by atoms with Crippen LogP contribution in [-0.4, -0.2) is 15.0 Å². The van der Waals surface area contributed by atoms with Crippen molar-refractivity contribution in [3.8, 4) is 11.5 Å². The Bertz CT molecular complexity index is 871. The quantitative estimate of drug-likeness (QED) is 0.648. The number of aromatic nitrogens is 3. The van der Waals surface area contributed by atoms with Crippen LogP contribution in [0, 0.1) is 18.5 Å². The maximum Gasteiger partial charge on any atom is 0.157 e. The first-order valence-corrected chi connectivity index (χ1v) is 7.39. The SMILES string of the molecule is Cc1[nH]c(-c2cc(C)c3ccccc3n2)nc(=S)c1Br. The van der Waals surface area contributed by atoms with E-state index >= 15 is 0 Å². The summed E-state index contributed by atoms with van der Waals surface area (Å²) < 4.78 is 1.37. The first-order chi connectivity index (χ1) is 9.56. The van der Waals surface area contributed by atoms with Gasteiger partial charge in [0.25, 0.3) is 0 Å². The molecular weight excluding hydrogens is 334 g/mol. The molecule has 5 heteroatoms. The van der Waals surface area contributed by atoms with E-state index in [0.29, 0.717) is 10.5 Å². The predicted molar refractivity (Wildman–Crippen MR) is 87.3 cm³/mol. The van der Waals surface area contributed by atoms with E-state index in [0.717, 1.165) is 26.8 Å². The van der Waals surface area contributed by atoms with E-state index in [4.69, 9.17) is 12.2 Å². The van der Waals surface area contributed by atoms with E-state index in [-0.39, 0.29) is 0 Å². The number of H-pyrrole nitrogens is 1. The highest BCUT2D eigenvalue weighted by atomic mass is 79.9. The Morgan fingerprint density at radius 1 is 1.15 bits per heavy atom. The van der Waals surface area contributed by atoms with Gasteiger partial charge in [-0.1, -0.05) is 30.4 Å². The number of para-hydroxylation sites is 1. The molecule has 20 heavy (non-hydrogen) atoms. The van der Waals surface area contributed by atoms with Crippen LogP contribution in [-0.2, 0) is 0 Å². The monoisotopic (exact) mass is 345 g/mol. The summed E-state index contributed by atoms with van der Waals surface area (Å²) in [5.41, 5.74) is 3.90. The molecule has 0 aliphatic rings. The van der Waals surface area contributed by atoms with Gasteiger partial charge in [0.15, 0.2) is 5.82 Å². The molecule has 0 aliphatic carbocycles. The van der Waals surface area contributed by atoms with E-state index < -0.39 is 0 Å². The van der Waals surface area contributed by atoms with Gasteiger partial charge in [0.05, 0.1) is 9.99 Å². The highest BCUT2D eigenvalue weighted by Gasteiger charge is 2.08. The molecule has 0 amide bonds. The van der Waals surface area contributed by atoms with E-state index in [1.807, 2.05) is 31.2 Å². The van der Waals surface area contributed by atoms with Crippen molar-refractivity contribution in [2.45, 2.75) is 13.8 Å². The Hall–Kier alpha value is -1.59. The second-order valence-electron chi connectivity index (χ2n) is 4.67. The Morgan fingerprint density at radius 2 is 1.90 bits per heavy atom. The zero-order valence-electron chi connectivity index (χ0n) is 11.1. The number of aromatic amines is 1. The molecular formula is C15H12BrN3S. The molecule has 0 radical (unpaired) electrons. The number of fused-ring (bicyclic) bond motifs is 1. The van der Waals surface area contributed by atoms with E-state index in [1.54, 1.807) is 0 Å². The van der Waals surface area contributed by atoms with Crippen LogP contribution < -0.4 is 0 Å². The number of nitrogens with one attached hydrogen (secondary N) is 1. The number of aryl methyl sites for hydroxylation is 2. The van der Waals surface area contributed by atoms with Crippen molar-refractivity contribution in [1.82, 2.24) is 15.0 Å². The summed E-state index contributed by atoms with van der Waals surface area (Å²) >= 11 is 8.67. The van der Waals surface area contributed by atoms with Crippen molar-refractivity contribution < 1.29 is 0 Å². The number of hydrogen-bond acceptors (Lipinski definition) is 3. The molecule has 3 aromatic rings. The Labute approximate surface area is 130 Å². The zero-order valence-corrected chi connectivity index (χ0v) is 13.5. The molecule has 2 aromatic heterocycles. The summed E-state index contributed by atoms with van der Waals surface area (Å²) in [4.78, 5) is 12.3. The van der Waals surface area contributed by atoms with Crippen LogP contribution in [0.15, 0.2) is 34.8 Å². The van der Waals surface area contributed by atoms with Crippen LogP contribution in [0.3, 0.4) is 0 Å². The summed E-state index contributed by atoms with van der Waals surface area (Å²) in [5, 5.41) is 1.16. The van der Waals surface area contributed by atoms with Crippen molar-refractivity contribution >= 4 is 39.1 Å². The first kappa shape index (κ1) is 13.4. The summed E-state index contributed by atoms with van der Waals surface area (Å²) in [6.45, 7) is 4.03. The van der Waals surface area contributed by atoms with Crippen molar-refractivity contribution in [3.05, 3.63) is 50.7 Å². The third-order valence-electron chi connectivity index (χ3n) is 3.20. The second-order valence-corrected chi connectivity index (χ2v) is 5.85. The summed E-state index contributed by atoms with van der Waals surface area (Å²) in [6.07, 6.45) is 0. The topological polar surface area (TPSA) is 41.6 Å². The summed E-state index contributed by atoms with van der Waals surface area (Å²) in [5.74, 6) is 0.699. The number of benzene rings is 1. The average molecular weight is 346 g/mol. The van der Waals surface area contributed by atoms with Gasteiger partial charge in [-0.3, -0.25) is 0 Å². The molecule has 3 nitrogen and oxygen atoms in total. The van der Waals surface area contributed by atoms with Crippen LogP contribution in [0.25, 0.3) is 22.4 Å². The lowest BCUT2D eigenvalue weighted by Crippen LogP contribution is -1.97. The van der Waals surface area contributed by atoms with Crippen molar-refractivity contribution in [3.63, 3.8) is 0 Å². The molecule has 1 aromatic carbocycles. The molecule has 0 spiro atoms. The van der Waals surface area contributed by atoms with Crippen molar-refractivity contribution in [2.24, 2.45) is 0 Å². The zero-order chi connectivity index (χ0) is 14.3. The molecule has 2 heterocycles. The third kappa shape index (κ3) is 2.27. The Kier molecular flexibility index (Phi) is 3.40. The lowest BCUT2D eigenvalue weighted by atomic mass is 10.1. The fraction of sp³-hybridized carbons (Fsp3) is 0.133. The number of halogens is 1. The molecule has 0 aliphatic heterocycles. The maximum atomic E-state index is 5.25. The first-order valence-electron chi connectivity index (χ1n) is 6.19. The van der Waals surface area contributed by atoms with Crippen LogP contribution in [0.4, 0.5) is 0 Å². The lowest BCUT2D eigenvalue weighted by molar-refractivity contribution is 1.06. The molecule has 1 N–H and O–H groups in total. The minimum Gasteiger partial charge on any atom is -0.341 e. The van der Waals surface area contributed by atoms with Gasteiger partial charge in [-0.2, -0.15) is 0 Å². The molecule has 100 valence electrons. The van der Waals surface area contributed by atoms with Crippen LogP contribution >= 0.6 is 28.1 Å². The molecule has 0 fully saturated rings. The van der Waals surface area contributed by atoms with Crippen LogP contribution in [0.5, 0.6) is 0 Å². The van der Waals surface area contributed by atoms with Crippen molar-refractivity contribution in [1.29, 1.82) is 0 Å². The van der Waals surface area contributed by atoms with Gasteiger partial charge < -0.3 is 4.98 Å². The third-order valence-corrected chi connectivity index (χ3v) is 4.73. The van der Waals surface area contributed by atoms with Gasteiger partial charge in [0.2, 0.25) is 0 Å². The van der Waals surface area contributed by atoms with Gasteiger partial charge in [-0.15, -0.1) is 0 Å². The van der Waals surface area contributed by atoms with Crippen molar-refractivity contribution in [2.75, 3.05) is 0 Å². The normalized spacial score (nSPS) is 10.9. The fourth-order valence-electron chi connectivity index (χ4n) is 2.16. The molecule has 0 unspecified atom stereocenters. The highest BCUT2D eigenvalue weighted by molar-refractivity contribution is 9.10. The smallest absolute Gasteiger partial charge is 0.157 e. The van der Waals surface area contributed by atoms with Crippen LogP contribution in [0.1, 0.15) is 11.3 Å². The Balaban J connectivity index is 2.27. The van der Waals surface area contributed by atoms with Gasteiger partial charge >= 0.3 is 0 Å². The molecule has 0 bridgehead atoms. The largest absolute Gasteiger partial charge is 0.341 e. The molecule has 0 saturated carbocycles. The number of nitrogens with zero attached hydrogens (tertiary/aromatic N) is 2. The van der Waals surface area contributed by atoms with E-state index in [2.05, 4.69) is 43.9 Å². The molecule has 0 atom stereocenters. The van der Waals surface area contributed by atoms with Gasteiger partial charge in [0, 0.05) is 11.1 Å². The fourth-order valence-corrected chi connectivity index (χ4v) is 2.60. The van der Waals surface area contributed by atoms with Crippen LogP contribution in [0.2, 0.25) is 0 Å². The summed E-state index contributed by atoms with van der Waals surface area (Å²) in [6, 6.07) is 10.1. The van der Waals surface area contributed by atoms with E-state index in [9.17, 15) is 0 Å². The predicted octanol–water partition coefficient (Wildman–Crippen LogP) is 4.73. The standard InChI is InChI=1S/C15H12BrN3S/c1-8-7-12(18-11-6-4-3-5-10(8)11)14-17-9(2)13(16)15(20)19-14/h3-7H,1-2H3,(H,17,19,20). The number of rotatable bonds is 1. The molecule has 0 saturated heterocycles. The lowest BCUT2D eigenvalue weighted by Gasteiger charge is -2.08. The Morgan fingerprint density at radius 3 is 2.65 bits per heavy atom. The van der Waals surface area contributed by atoms with Gasteiger partial charge in [0.1, 0.15) is 10.3 Å². The second kappa shape index (κ2) is 5.07.